The Kier molecular flexibility index (Phi) is 4.09. The van der Waals surface area contributed by atoms with E-state index < -0.39 is 27.5 Å². The first-order valence-electron chi connectivity index (χ1n) is 6.68. The Morgan fingerprint density at radius 2 is 1.95 bits per heavy atom. The van der Waals surface area contributed by atoms with Gasteiger partial charge in [-0.3, -0.25) is 0 Å². The normalized spacial score (nSPS) is 16.8. The Bertz CT molecular complexity index is 764. The van der Waals surface area contributed by atoms with Crippen LogP contribution in [0.25, 0.3) is 0 Å². The zero-order chi connectivity index (χ0) is 16.7. The van der Waals surface area contributed by atoms with Crippen LogP contribution in [0.15, 0.2) is 16.5 Å². The molecule has 0 heterocycles. The van der Waals surface area contributed by atoms with Crippen molar-refractivity contribution in [2.75, 3.05) is 0 Å². The third-order valence-electron chi connectivity index (χ3n) is 3.06. The molecule has 0 bridgehead atoms. The van der Waals surface area contributed by atoms with Crippen LogP contribution in [-0.4, -0.2) is 30.7 Å². The second-order valence-corrected chi connectivity index (χ2v) is 7.46. The lowest BCUT2D eigenvalue weighted by Gasteiger charge is -2.18. The number of nitrogens with zero attached hydrogens (tertiary/aromatic N) is 1. The van der Waals surface area contributed by atoms with E-state index >= 15 is 0 Å². The van der Waals surface area contributed by atoms with Crippen LogP contribution >= 0.6 is 0 Å². The summed E-state index contributed by atoms with van der Waals surface area (Å²) in [5.41, 5.74) is -0.419. The number of rotatable bonds is 3. The summed E-state index contributed by atoms with van der Waals surface area (Å²) in [4.78, 5) is 11.2. The fraction of sp³-hybridized carbons (Fsp3) is 0.429. The summed E-state index contributed by atoms with van der Waals surface area (Å²) in [6, 6.07) is 2.20. The maximum Gasteiger partial charge on any atom is 0.335 e. The van der Waals surface area contributed by atoms with Crippen molar-refractivity contribution >= 4 is 21.9 Å². The molecule has 1 aromatic carbocycles. The molecule has 1 aliphatic rings. The highest BCUT2D eigenvalue weighted by atomic mass is 32.2. The van der Waals surface area contributed by atoms with Gasteiger partial charge in [-0.15, -0.1) is 0 Å². The van der Waals surface area contributed by atoms with Gasteiger partial charge < -0.3 is 5.11 Å². The van der Waals surface area contributed by atoms with Crippen molar-refractivity contribution in [1.29, 1.82) is 0 Å². The molecular weight excluding hydrogens is 311 g/mol. The molecule has 6 nitrogen and oxygen atoms in total. The molecule has 0 saturated heterocycles. The highest BCUT2D eigenvalue weighted by Gasteiger charge is 2.29. The average Bonchev–Trinajstić information content (AvgIpc) is 2.69. The summed E-state index contributed by atoms with van der Waals surface area (Å²) in [7, 11) is -3.99. The Morgan fingerprint density at radius 1 is 1.32 bits per heavy atom. The fourth-order valence-corrected chi connectivity index (χ4v) is 3.70. The van der Waals surface area contributed by atoms with Gasteiger partial charge in [-0.05, 0) is 51.3 Å². The maximum absolute atomic E-state index is 14.0. The summed E-state index contributed by atoms with van der Waals surface area (Å²) in [5, 5.41) is 9.12. The number of hydrogen-bond donors (Lipinski definition) is 2. The van der Waals surface area contributed by atoms with Crippen molar-refractivity contribution in [3.63, 3.8) is 0 Å². The van der Waals surface area contributed by atoms with Crippen molar-refractivity contribution in [2.45, 2.75) is 39.2 Å². The van der Waals surface area contributed by atoms with Crippen molar-refractivity contribution in [2.24, 2.45) is 4.40 Å². The highest BCUT2D eigenvalue weighted by molar-refractivity contribution is 7.88. The SMILES string of the molecule is CC(C)(C)NS(=O)(=O)N=C1CCc2c(C(=O)O)ccc(F)c21. The zero-order valence-electron chi connectivity index (χ0n) is 12.5. The smallest absolute Gasteiger partial charge is 0.335 e. The monoisotopic (exact) mass is 328 g/mol. The third kappa shape index (κ3) is 3.50. The van der Waals surface area contributed by atoms with Crippen LogP contribution < -0.4 is 4.72 Å². The molecule has 0 aliphatic heterocycles. The van der Waals surface area contributed by atoms with Gasteiger partial charge in [0.2, 0.25) is 0 Å². The van der Waals surface area contributed by atoms with Crippen LogP contribution in [0.5, 0.6) is 0 Å². The van der Waals surface area contributed by atoms with E-state index in [1.54, 1.807) is 20.8 Å². The van der Waals surface area contributed by atoms with Gasteiger partial charge >= 0.3 is 16.2 Å². The van der Waals surface area contributed by atoms with Gasteiger partial charge in [0.15, 0.2) is 0 Å². The number of nitrogens with one attached hydrogen (secondary N) is 1. The van der Waals surface area contributed by atoms with Crippen molar-refractivity contribution in [1.82, 2.24) is 4.72 Å². The predicted molar refractivity (Wildman–Crippen MR) is 80.0 cm³/mol. The number of fused-ring (bicyclic) bond motifs is 1. The molecule has 0 amide bonds. The third-order valence-corrected chi connectivity index (χ3v) is 4.39. The van der Waals surface area contributed by atoms with Crippen LogP contribution in [-0.2, 0) is 16.6 Å². The number of benzene rings is 1. The number of hydrogen-bond acceptors (Lipinski definition) is 3. The van der Waals surface area contributed by atoms with Crippen molar-refractivity contribution in [3.8, 4) is 0 Å². The molecule has 0 fully saturated rings. The quantitative estimate of drug-likeness (QED) is 0.885. The largest absolute Gasteiger partial charge is 0.478 e. The van der Waals surface area contributed by atoms with Gasteiger partial charge in [0, 0.05) is 11.1 Å². The van der Waals surface area contributed by atoms with Gasteiger partial charge in [-0.1, -0.05) is 0 Å². The zero-order valence-corrected chi connectivity index (χ0v) is 13.3. The Labute approximate surface area is 128 Å². The average molecular weight is 328 g/mol. The summed E-state index contributed by atoms with van der Waals surface area (Å²) in [6.45, 7) is 4.99. The Balaban J connectivity index is 2.51. The van der Waals surface area contributed by atoms with Gasteiger partial charge in [-0.25, -0.2) is 9.18 Å². The molecule has 1 aliphatic carbocycles. The second kappa shape index (κ2) is 5.44. The first kappa shape index (κ1) is 16.6. The van der Waals surface area contributed by atoms with Gasteiger partial charge in [0.25, 0.3) is 0 Å². The van der Waals surface area contributed by atoms with E-state index in [1.165, 1.54) is 6.07 Å². The fourth-order valence-electron chi connectivity index (χ4n) is 2.41. The number of carboxylic acid groups (broad SMARTS) is 1. The van der Waals surface area contributed by atoms with Crippen LogP contribution in [0.1, 0.15) is 48.7 Å². The van der Waals surface area contributed by atoms with E-state index in [0.717, 1.165) is 6.07 Å². The first-order valence-corrected chi connectivity index (χ1v) is 8.12. The minimum absolute atomic E-state index is 0.0146. The molecule has 2 N–H and O–H groups in total. The van der Waals surface area contributed by atoms with E-state index in [9.17, 15) is 17.6 Å². The van der Waals surface area contributed by atoms with E-state index in [0.29, 0.717) is 0 Å². The summed E-state index contributed by atoms with van der Waals surface area (Å²) in [6.07, 6.45) is 0.431. The molecule has 0 spiro atoms. The molecule has 22 heavy (non-hydrogen) atoms. The van der Waals surface area contributed by atoms with E-state index in [2.05, 4.69) is 9.12 Å². The molecule has 2 rings (SSSR count). The molecular formula is C14H17FN2O4S. The molecule has 8 heteroatoms. The molecule has 0 unspecified atom stereocenters. The van der Waals surface area contributed by atoms with Gasteiger partial charge in [0.05, 0.1) is 11.3 Å². The summed E-state index contributed by atoms with van der Waals surface area (Å²) < 4.78 is 44.0. The number of aromatic carboxylic acids is 1. The molecule has 1 aromatic rings. The van der Waals surface area contributed by atoms with E-state index in [1.807, 2.05) is 0 Å². The minimum atomic E-state index is -3.99. The van der Waals surface area contributed by atoms with Crippen LogP contribution in [0.4, 0.5) is 4.39 Å². The lowest BCUT2D eigenvalue weighted by molar-refractivity contribution is 0.0695. The number of carbonyl (C=O) groups is 1. The minimum Gasteiger partial charge on any atom is -0.478 e. The van der Waals surface area contributed by atoms with Gasteiger partial charge in [0.1, 0.15) is 5.82 Å². The van der Waals surface area contributed by atoms with Crippen LogP contribution in [0.2, 0.25) is 0 Å². The van der Waals surface area contributed by atoms with E-state index in [-0.39, 0.29) is 35.2 Å². The van der Waals surface area contributed by atoms with E-state index in [4.69, 9.17) is 5.11 Å². The molecule has 0 atom stereocenters. The van der Waals surface area contributed by atoms with Crippen molar-refractivity contribution < 1.29 is 22.7 Å². The second-order valence-electron chi connectivity index (χ2n) is 6.12. The molecule has 120 valence electrons. The maximum atomic E-state index is 14.0. The molecule has 0 saturated carbocycles. The lowest BCUT2D eigenvalue weighted by atomic mass is 10.0. The summed E-state index contributed by atoms with van der Waals surface area (Å²) >= 11 is 0. The lowest BCUT2D eigenvalue weighted by Crippen LogP contribution is -2.39. The standard InChI is InChI=1S/C14H17FN2O4S/c1-14(2,3)17-22(20,21)16-11-7-5-8-9(13(18)19)4-6-10(15)12(8)11/h4,6,17H,5,7H2,1-3H3,(H,18,19). The predicted octanol–water partition coefficient (Wildman–Crippen LogP) is 1.89. The Hall–Kier alpha value is -1.80. The number of carboxylic acids is 1. The number of halogens is 1. The highest BCUT2D eigenvalue weighted by Crippen LogP contribution is 2.29. The van der Waals surface area contributed by atoms with Crippen LogP contribution in [0, 0.1) is 5.82 Å². The molecule has 0 radical (unpaired) electrons. The Morgan fingerprint density at radius 3 is 2.50 bits per heavy atom. The first-order chi connectivity index (χ1) is 10.0. The van der Waals surface area contributed by atoms with Gasteiger partial charge in [-0.2, -0.15) is 17.5 Å². The van der Waals surface area contributed by atoms with Crippen molar-refractivity contribution in [3.05, 3.63) is 34.6 Å². The topological polar surface area (TPSA) is 95.8 Å². The van der Waals surface area contributed by atoms with Crippen LogP contribution in [0.3, 0.4) is 0 Å². The summed E-state index contributed by atoms with van der Waals surface area (Å²) in [5.74, 6) is -1.84. The molecule has 0 aromatic heterocycles.